The molecule has 23 heavy (non-hydrogen) atoms. The van der Waals surface area contributed by atoms with E-state index in [9.17, 15) is 14.4 Å². The predicted molar refractivity (Wildman–Crippen MR) is 83.5 cm³/mol. The van der Waals surface area contributed by atoms with Crippen LogP contribution in [0.25, 0.3) is 0 Å². The lowest BCUT2D eigenvalue weighted by molar-refractivity contribution is -0.138. The Labute approximate surface area is 133 Å². The summed E-state index contributed by atoms with van der Waals surface area (Å²) in [4.78, 5) is 38.5. The third kappa shape index (κ3) is 3.13. The van der Waals surface area contributed by atoms with Crippen LogP contribution in [0.5, 0.6) is 0 Å². The van der Waals surface area contributed by atoms with Crippen LogP contribution in [-0.4, -0.2) is 53.6 Å². The lowest BCUT2D eigenvalue weighted by Crippen LogP contribution is -2.46. The van der Waals surface area contributed by atoms with Gasteiger partial charge in [-0.25, -0.2) is 4.79 Å². The summed E-state index contributed by atoms with van der Waals surface area (Å²) < 4.78 is 0. The number of amides is 3. The molecule has 1 saturated heterocycles. The Hall–Kier alpha value is -2.57. The Morgan fingerprint density at radius 3 is 2.70 bits per heavy atom. The predicted octanol–water partition coefficient (Wildman–Crippen LogP) is 1.30. The first-order chi connectivity index (χ1) is 11.1. The number of carbonyl (C=O) groups is 3. The van der Waals surface area contributed by atoms with E-state index in [1.54, 1.807) is 29.2 Å². The second-order valence-corrected chi connectivity index (χ2v) is 5.85. The van der Waals surface area contributed by atoms with Crippen molar-refractivity contribution in [1.82, 2.24) is 10.2 Å². The Balaban J connectivity index is 1.82. The van der Waals surface area contributed by atoms with E-state index in [4.69, 9.17) is 5.11 Å². The van der Waals surface area contributed by atoms with Gasteiger partial charge in [-0.1, -0.05) is 6.07 Å². The smallest absolute Gasteiger partial charge is 0.323 e. The van der Waals surface area contributed by atoms with Crippen molar-refractivity contribution < 1.29 is 19.5 Å². The molecule has 0 atom stereocenters. The molecule has 1 aliphatic carbocycles. The lowest BCUT2D eigenvalue weighted by Gasteiger charge is -2.36. The van der Waals surface area contributed by atoms with Crippen molar-refractivity contribution >= 4 is 23.6 Å². The van der Waals surface area contributed by atoms with Crippen LogP contribution in [0, 0.1) is 0 Å². The molecule has 0 bridgehead atoms. The maximum Gasteiger partial charge on any atom is 0.323 e. The molecule has 0 spiro atoms. The van der Waals surface area contributed by atoms with Gasteiger partial charge in [0.25, 0.3) is 5.91 Å². The van der Waals surface area contributed by atoms with E-state index < -0.39 is 5.97 Å². The Kier molecular flexibility index (Phi) is 4.18. The molecule has 1 aliphatic heterocycles. The van der Waals surface area contributed by atoms with E-state index in [1.807, 2.05) is 0 Å². The minimum atomic E-state index is -1.01. The van der Waals surface area contributed by atoms with Gasteiger partial charge in [-0.3, -0.25) is 14.5 Å². The Morgan fingerprint density at radius 1 is 1.35 bits per heavy atom. The summed E-state index contributed by atoms with van der Waals surface area (Å²) in [5.41, 5.74) is 1.06. The average Bonchev–Trinajstić information content (AvgIpc) is 2.90. The van der Waals surface area contributed by atoms with Crippen LogP contribution in [-0.2, 0) is 4.79 Å². The van der Waals surface area contributed by atoms with Crippen molar-refractivity contribution in [2.24, 2.45) is 0 Å². The largest absolute Gasteiger partial charge is 0.480 e. The second kappa shape index (κ2) is 6.28. The molecule has 1 aromatic carbocycles. The number of hydrogen-bond donors (Lipinski definition) is 2. The van der Waals surface area contributed by atoms with E-state index in [0.717, 1.165) is 19.3 Å². The van der Waals surface area contributed by atoms with Crippen molar-refractivity contribution in [3.05, 3.63) is 29.8 Å². The molecule has 1 aromatic rings. The monoisotopic (exact) mass is 317 g/mol. The molecule has 2 fully saturated rings. The molecule has 0 unspecified atom stereocenters. The SMILES string of the molecule is O=C(O)CN(C(=O)c1cccc(N2CCNC2=O)c1)C1CCC1. The fraction of sp³-hybridized carbons (Fsp3) is 0.438. The van der Waals surface area contributed by atoms with Crippen LogP contribution in [0.15, 0.2) is 24.3 Å². The number of urea groups is 1. The quantitative estimate of drug-likeness (QED) is 0.856. The number of carbonyl (C=O) groups excluding carboxylic acids is 2. The van der Waals surface area contributed by atoms with Crippen LogP contribution in [0.1, 0.15) is 29.6 Å². The number of aliphatic carboxylic acids is 1. The maximum atomic E-state index is 12.7. The number of rotatable bonds is 5. The normalized spacial score (nSPS) is 17.6. The van der Waals surface area contributed by atoms with Crippen molar-refractivity contribution in [3.63, 3.8) is 0 Å². The summed E-state index contributed by atoms with van der Waals surface area (Å²) in [7, 11) is 0. The summed E-state index contributed by atoms with van der Waals surface area (Å²) in [5.74, 6) is -1.31. The van der Waals surface area contributed by atoms with Crippen LogP contribution in [0.4, 0.5) is 10.5 Å². The van der Waals surface area contributed by atoms with Gasteiger partial charge in [0, 0.05) is 30.4 Å². The van der Waals surface area contributed by atoms with Crippen molar-refractivity contribution in [1.29, 1.82) is 0 Å². The van der Waals surface area contributed by atoms with Crippen LogP contribution in [0.3, 0.4) is 0 Å². The van der Waals surface area contributed by atoms with Gasteiger partial charge >= 0.3 is 12.0 Å². The minimum Gasteiger partial charge on any atom is -0.480 e. The minimum absolute atomic E-state index is 0.00246. The molecule has 0 aromatic heterocycles. The topological polar surface area (TPSA) is 89.9 Å². The summed E-state index contributed by atoms with van der Waals surface area (Å²) in [5, 5.41) is 11.8. The zero-order valence-corrected chi connectivity index (χ0v) is 12.7. The number of benzene rings is 1. The highest BCUT2D eigenvalue weighted by Crippen LogP contribution is 2.27. The van der Waals surface area contributed by atoms with Gasteiger partial charge in [0.15, 0.2) is 0 Å². The highest BCUT2D eigenvalue weighted by Gasteiger charge is 2.31. The van der Waals surface area contributed by atoms with Crippen molar-refractivity contribution in [2.45, 2.75) is 25.3 Å². The van der Waals surface area contributed by atoms with Gasteiger partial charge in [0.05, 0.1) is 0 Å². The highest BCUT2D eigenvalue weighted by atomic mass is 16.4. The molecule has 7 heteroatoms. The summed E-state index contributed by atoms with van der Waals surface area (Å²) >= 11 is 0. The molecule has 122 valence electrons. The first-order valence-corrected chi connectivity index (χ1v) is 7.74. The van der Waals surface area contributed by atoms with E-state index in [-0.39, 0.29) is 24.5 Å². The average molecular weight is 317 g/mol. The molecular weight excluding hydrogens is 298 g/mol. The van der Waals surface area contributed by atoms with Crippen LogP contribution in [0.2, 0.25) is 0 Å². The fourth-order valence-corrected chi connectivity index (χ4v) is 2.90. The van der Waals surface area contributed by atoms with Crippen molar-refractivity contribution in [3.8, 4) is 0 Å². The molecule has 0 radical (unpaired) electrons. The van der Waals surface area contributed by atoms with Crippen LogP contribution >= 0.6 is 0 Å². The molecule has 3 amide bonds. The standard InChI is InChI=1S/C16H19N3O4/c20-14(21)10-19(12-4-2-5-12)15(22)11-3-1-6-13(9-11)18-8-7-17-16(18)23/h1,3,6,9,12H,2,4-5,7-8,10H2,(H,17,23)(H,20,21). The highest BCUT2D eigenvalue weighted by molar-refractivity contribution is 5.99. The number of nitrogens with zero attached hydrogens (tertiary/aromatic N) is 2. The first-order valence-electron chi connectivity index (χ1n) is 7.74. The zero-order chi connectivity index (χ0) is 16.4. The fourth-order valence-electron chi connectivity index (χ4n) is 2.90. The molecule has 3 rings (SSSR count). The third-order valence-electron chi connectivity index (χ3n) is 4.34. The van der Waals surface area contributed by atoms with Crippen LogP contribution < -0.4 is 10.2 Å². The summed E-state index contributed by atoms with van der Waals surface area (Å²) in [6.45, 7) is 0.833. The molecule has 7 nitrogen and oxygen atoms in total. The molecular formula is C16H19N3O4. The zero-order valence-electron chi connectivity index (χ0n) is 12.7. The molecule has 1 heterocycles. The number of carboxylic acids is 1. The Morgan fingerprint density at radius 2 is 2.13 bits per heavy atom. The molecule has 2 N–H and O–H groups in total. The van der Waals surface area contributed by atoms with Gasteiger partial charge < -0.3 is 15.3 Å². The summed E-state index contributed by atoms with van der Waals surface area (Å²) in [6, 6.07) is 6.61. The lowest BCUT2D eigenvalue weighted by atomic mass is 9.91. The van der Waals surface area contributed by atoms with E-state index >= 15 is 0 Å². The van der Waals surface area contributed by atoms with Gasteiger partial charge in [0.2, 0.25) is 0 Å². The first kappa shape index (κ1) is 15.3. The number of nitrogens with one attached hydrogen (secondary N) is 1. The number of anilines is 1. The van der Waals surface area contributed by atoms with Gasteiger partial charge in [-0.15, -0.1) is 0 Å². The van der Waals surface area contributed by atoms with Crippen molar-refractivity contribution in [2.75, 3.05) is 24.5 Å². The third-order valence-corrected chi connectivity index (χ3v) is 4.34. The number of carboxylic acid groups (broad SMARTS) is 1. The van der Waals surface area contributed by atoms with E-state index in [2.05, 4.69) is 5.32 Å². The second-order valence-electron chi connectivity index (χ2n) is 5.85. The van der Waals surface area contributed by atoms with Gasteiger partial charge in [0.1, 0.15) is 6.54 Å². The summed E-state index contributed by atoms with van der Waals surface area (Å²) in [6.07, 6.45) is 2.70. The van der Waals surface area contributed by atoms with Gasteiger partial charge in [-0.2, -0.15) is 0 Å². The van der Waals surface area contributed by atoms with E-state index in [1.165, 1.54) is 4.90 Å². The maximum absolute atomic E-state index is 12.7. The Bertz CT molecular complexity index is 642. The van der Waals surface area contributed by atoms with Gasteiger partial charge in [-0.05, 0) is 37.5 Å². The molecule has 1 saturated carbocycles. The van der Waals surface area contributed by atoms with E-state index in [0.29, 0.717) is 24.3 Å². The number of hydrogen-bond acceptors (Lipinski definition) is 3. The molecule has 2 aliphatic rings.